The molecule has 140 valence electrons. The highest BCUT2D eigenvalue weighted by Gasteiger charge is 2.17. The second-order valence-electron chi connectivity index (χ2n) is 6.11. The molecule has 6 heteroatoms. The van der Waals surface area contributed by atoms with Crippen LogP contribution in [0.4, 0.5) is 0 Å². The maximum atomic E-state index is 12.6. The predicted molar refractivity (Wildman–Crippen MR) is 98.1 cm³/mol. The van der Waals surface area contributed by atoms with Gasteiger partial charge in [-0.05, 0) is 44.5 Å². The molecule has 2 aromatic rings. The number of esters is 1. The zero-order valence-electron chi connectivity index (χ0n) is 15.9. The Morgan fingerprint density at radius 3 is 2.46 bits per heavy atom. The van der Waals surface area contributed by atoms with Crippen molar-refractivity contribution in [3.05, 3.63) is 52.3 Å². The standard InChI is InChI=1S/C20H25NO5/c1-13-6-7-16(20(23)25-5)11-19(13)26-12-18(22)17-10-14(2)21(15(17)3)8-9-24-4/h6-7,10-11H,8-9,12H2,1-5H3. The third kappa shape index (κ3) is 4.32. The molecule has 0 aliphatic carbocycles. The summed E-state index contributed by atoms with van der Waals surface area (Å²) in [6.07, 6.45) is 0. The molecule has 1 aromatic carbocycles. The Labute approximate surface area is 153 Å². The van der Waals surface area contributed by atoms with Crippen molar-refractivity contribution in [2.24, 2.45) is 0 Å². The molecule has 0 atom stereocenters. The first-order valence-corrected chi connectivity index (χ1v) is 8.39. The normalized spacial score (nSPS) is 10.7. The van der Waals surface area contributed by atoms with Gasteiger partial charge in [0.1, 0.15) is 5.75 Å². The van der Waals surface area contributed by atoms with Crippen molar-refractivity contribution in [2.75, 3.05) is 27.4 Å². The number of aromatic nitrogens is 1. The third-order valence-corrected chi connectivity index (χ3v) is 4.36. The topological polar surface area (TPSA) is 66.8 Å². The molecule has 0 fully saturated rings. The highest BCUT2D eigenvalue weighted by atomic mass is 16.5. The number of hydrogen-bond donors (Lipinski definition) is 0. The Balaban J connectivity index is 2.13. The molecule has 6 nitrogen and oxygen atoms in total. The molecule has 0 spiro atoms. The van der Waals surface area contributed by atoms with Crippen LogP contribution in [0, 0.1) is 20.8 Å². The van der Waals surface area contributed by atoms with Gasteiger partial charge in [-0.2, -0.15) is 0 Å². The van der Waals surface area contributed by atoms with Gasteiger partial charge in [-0.1, -0.05) is 6.07 Å². The van der Waals surface area contributed by atoms with Gasteiger partial charge in [0.2, 0.25) is 5.78 Å². The lowest BCUT2D eigenvalue weighted by atomic mass is 10.1. The van der Waals surface area contributed by atoms with E-state index in [1.807, 2.05) is 26.8 Å². The van der Waals surface area contributed by atoms with Crippen molar-refractivity contribution in [1.29, 1.82) is 0 Å². The highest BCUT2D eigenvalue weighted by Crippen LogP contribution is 2.21. The summed E-state index contributed by atoms with van der Waals surface area (Å²) in [5, 5.41) is 0. The quantitative estimate of drug-likeness (QED) is 0.535. The van der Waals surface area contributed by atoms with Crippen LogP contribution in [0.2, 0.25) is 0 Å². The molecule has 0 unspecified atom stereocenters. The summed E-state index contributed by atoms with van der Waals surface area (Å²) in [4.78, 5) is 24.3. The Kier molecular flexibility index (Phi) is 6.58. The minimum absolute atomic E-state index is 0.0972. The van der Waals surface area contributed by atoms with Crippen molar-refractivity contribution >= 4 is 11.8 Å². The van der Waals surface area contributed by atoms with E-state index in [9.17, 15) is 9.59 Å². The number of carbonyl (C=O) groups is 2. The van der Waals surface area contributed by atoms with E-state index in [2.05, 4.69) is 4.57 Å². The van der Waals surface area contributed by atoms with Gasteiger partial charge in [-0.25, -0.2) is 4.79 Å². The average molecular weight is 359 g/mol. The van der Waals surface area contributed by atoms with Crippen LogP contribution in [0.25, 0.3) is 0 Å². The zero-order valence-corrected chi connectivity index (χ0v) is 15.9. The third-order valence-electron chi connectivity index (χ3n) is 4.36. The van der Waals surface area contributed by atoms with Crippen molar-refractivity contribution < 1.29 is 23.8 Å². The largest absolute Gasteiger partial charge is 0.485 e. The number of rotatable bonds is 8. The van der Waals surface area contributed by atoms with Crippen LogP contribution in [-0.4, -0.2) is 43.8 Å². The fraction of sp³-hybridized carbons (Fsp3) is 0.400. The molecule has 0 aliphatic heterocycles. The fourth-order valence-electron chi connectivity index (χ4n) is 2.83. The van der Waals surface area contributed by atoms with E-state index in [1.54, 1.807) is 25.3 Å². The molecule has 0 radical (unpaired) electrons. The Bertz CT molecular complexity index is 807. The molecular formula is C20H25NO5. The smallest absolute Gasteiger partial charge is 0.337 e. The lowest BCUT2D eigenvalue weighted by Crippen LogP contribution is -2.14. The maximum absolute atomic E-state index is 12.6. The fourth-order valence-corrected chi connectivity index (χ4v) is 2.83. The summed E-state index contributed by atoms with van der Waals surface area (Å²) in [6.45, 7) is 6.92. The highest BCUT2D eigenvalue weighted by molar-refractivity contribution is 5.98. The number of hydrogen-bond acceptors (Lipinski definition) is 5. The van der Waals surface area contributed by atoms with Crippen LogP contribution in [0.3, 0.4) is 0 Å². The summed E-state index contributed by atoms with van der Waals surface area (Å²) in [6, 6.07) is 6.90. The lowest BCUT2D eigenvalue weighted by Gasteiger charge is -2.11. The average Bonchev–Trinajstić information content (AvgIpc) is 2.92. The van der Waals surface area contributed by atoms with E-state index < -0.39 is 5.97 Å². The maximum Gasteiger partial charge on any atom is 0.337 e. The zero-order chi connectivity index (χ0) is 19.3. The second-order valence-corrected chi connectivity index (χ2v) is 6.11. The molecule has 0 aliphatic rings. The van der Waals surface area contributed by atoms with E-state index in [0.717, 1.165) is 17.0 Å². The first-order chi connectivity index (χ1) is 12.4. The van der Waals surface area contributed by atoms with Crippen molar-refractivity contribution in [3.8, 4) is 5.75 Å². The first kappa shape index (κ1) is 19.7. The van der Waals surface area contributed by atoms with Crippen LogP contribution in [0.15, 0.2) is 24.3 Å². The number of carbonyl (C=O) groups excluding carboxylic acids is 2. The van der Waals surface area contributed by atoms with Crippen LogP contribution < -0.4 is 4.74 Å². The monoisotopic (exact) mass is 359 g/mol. The lowest BCUT2D eigenvalue weighted by molar-refractivity contribution is 0.0600. The Morgan fingerprint density at radius 2 is 1.81 bits per heavy atom. The van der Waals surface area contributed by atoms with Crippen LogP contribution >= 0.6 is 0 Å². The number of ketones is 1. The van der Waals surface area contributed by atoms with E-state index in [1.165, 1.54) is 7.11 Å². The van der Waals surface area contributed by atoms with Gasteiger partial charge in [-0.15, -0.1) is 0 Å². The van der Waals surface area contributed by atoms with Crippen molar-refractivity contribution in [1.82, 2.24) is 4.57 Å². The number of nitrogens with zero attached hydrogens (tertiary/aromatic N) is 1. The van der Waals surface area contributed by atoms with E-state index in [0.29, 0.717) is 30.0 Å². The van der Waals surface area contributed by atoms with Gasteiger partial charge >= 0.3 is 5.97 Å². The summed E-state index contributed by atoms with van der Waals surface area (Å²) in [7, 11) is 2.98. The molecule has 0 N–H and O–H groups in total. The minimum atomic E-state index is -0.442. The molecule has 1 aromatic heterocycles. The van der Waals surface area contributed by atoms with E-state index >= 15 is 0 Å². The Morgan fingerprint density at radius 1 is 1.08 bits per heavy atom. The number of aryl methyl sites for hydroxylation is 2. The predicted octanol–water partition coefficient (Wildman–Crippen LogP) is 3.11. The summed E-state index contributed by atoms with van der Waals surface area (Å²) in [5.41, 5.74) is 3.77. The molecule has 0 saturated carbocycles. The summed E-state index contributed by atoms with van der Waals surface area (Å²) < 4.78 is 17.6. The van der Waals surface area contributed by atoms with Gasteiger partial charge in [0.25, 0.3) is 0 Å². The minimum Gasteiger partial charge on any atom is -0.485 e. The number of Topliss-reactive ketones (excluding diaryl/α,β-unsaturated/α-hetero) is 1. The number of methoxy groups -OCH3 is 2. The van der Waals surface area contributed by atoms with Crippen molar-refractivity contribution in [3.63, 3.8) is 0 Å². The number of benzene rings is 1. The molecule has 2 rings (SSSR count). The van der Waals surface area contributed by atoms with E-state index in [4.69, 9.17) is 14.2 Å². The molecule has 1 heterocycles. The first-order valence-electron chi connectivity index (χ1n) is 8.39. The molecule has 0 amide bonds. The van der Waals surface area contributed by atoms with Gasteiger partial charge in [0.15, 0.2) is 6.61 Å². The molecule has 0 saturated heterocycles. The van der Waals surface area contributed by atoms with Gasteiger partial charge in [0, 0.05) is 30.6 Å². The van der Waals surface area contributed by atoms with Crippen LogP contribution in [0.1, 0.15) is 37.7 Å². The van der Waals surface area contributed by atoms with E-state index in [-0.39, 0.29) is 12.4 Å². The number of ether oxygens (including phenoxy) is 3. The van der Waals surface area contributed by atoms with Gasteiger partial charge in [-0.3, -0.25) is 4.79 Å². The summed E-state index contributed by atoms with van der Waals surface area (Å²) >= 11 is 0. The molecule has 0 bridgehead atoms. The summed E-state index contributed by atoms with van der Waals surface area (Å²) in [5.74, 6) is -0.0538. The Hall–Kier alpha value is -2.60. The second kappa shape index (κ2) is 8.67. The van der Waals surface area contributed by atoms with Crippen molar-refractivity contribution in [2.45, 2.75) is 27.3 Å². The molecular weight excluding hydrogens is 334 g/mol. The van der Waals surface area contributed by atoms with Crippen LogP contribution in [-0.2, 0) is 16.0 Å². The SMILES string of the molecule is COCCn1c(C)cc(C(=O)COc2cc(C(=O)OC)ccc2C)c1C. The van der Waals surface area contributed by atoms with Gasteiger partial charge in [0.05, 0.1) is 19.3 Å². The van der Waals surface area contributed by atoms with Gasteiger partial charge < -0.3 is 18.8 Å². The molecule has 26 heavy (non-hydrogen) atoms. The van der Waals surface area contributed by atoms with Crippen LogP contribution in [0.5, 0.6) is 5.75 Å².